The first-order chi connectivity index (χ1) is 40.0. The van der Waals surface area contributed by atoms with Crippen LogP contribution in [-0.4, -0.2) is 37.2 Å². The van der Waals surface area contributed by atoms with Crippen molar-refractivity contribution in [3.63, 3.8) is 0 Å². The number of rotatable bonds is 63. The molecule has 1 atom stereocenters. The van der Waals surface area contributed by atoms with Crippen LogP contribution in [0.3, 0.4) is 0 Å². The van der Waals surface area contributed by atoms with Crippen molar-refractivity contribution in [2.75, 3.05) is 13.2 Å². The van der Waals surface area contributed by atoms with Crippen molar-refractivity contribution >= 4 is 17.9 Å². The number of ether oxygens (including phenoxy) is 3. The fraction of sp³-hybridized carbons (Fsp3) is 0.747. The number of carbonyl (C=O) groups excluding carboxylic acids is 3. The van der Waals surface area contributed by atoms with Crippen LogP contribution in [0.5, 0.6) is 0 Å². The summed E-state index contributed by atoms with van der Waals surface area (Å²) in [5.74, 6) is -0.875. The Bertz CT molecular complexity index is 1580. The van der Waals surface area contributed by atoms with Gasteiger partial charge in [0.25, 0.3) is 0 Å². The van der Waals surface area contributed by atoms with Crippen molar-refractivity contribution in [2.45, 2.75) is 348 Å². The van der Waals surface area contributed by atoms with Gasteiger partial charge in [-0.2, -0.15) is 0 Å². The van der Waals surface area contributed by atoms with E-state index in [9.17, 15) is 14.4 Å². The fourth-order valence-electron chi connectivity index (χ4n) is 9.93. The monoisotopic (exact) mass is 1130 g/mol. The van der Waals surface area contributed by atoms with Crippen LogP contribution in [-0.2, 0) is 28.6 Å². The van der Waals surface area contributed by atoms with Crippen LogP contribution in [0.1, 0.15) is 342 Å². The average molecular weight is 1130 g/mol. The molecule has 466 valence electrons. The maximum absolute atomic E-state index is 12.9. The molecule has 0 aromatic heterocycles. The lowest BCUT2D eigenvalue weighted by Crippen LogP contribution is -2.30. The second-order valence-electron chi connectivity index (χ2n) is 23.1. The highest BCUT2D eigenvalue weighted by Crippen LogP contribution is 2.17. The number of carbonyl (C=O) groups is 3. The minimum absolute atomic E-state index is 0.0771. The van der Waals surface area contributed by atoms with Gasteiger partial charge in [0, 0.05) is 19.3 Å². The molecule has 0 radical (unpaired) electrons. The maximum Gasteiger partial charge on any atom is 0.306 e. The van der Waals surface area contributed by atoms with Gasteiger partial charge in [0.2, 0.25) is 0 Å². The molecule has 0 heterocycles. The topological polar surface area (TPSA) is 78.9 Å². The lowest BCUT2D eigenvalue weighted by molar-refractivity contribution is -0.167. The molecule has 0 fully saturated rings. The Labute approximate surface area is 502 Å². The number of esters is 3. The van der Waals surface area contributed by atoms with Crippen molar-refractivity contribution < 1.29 is 28.6 Å². The summed E-state index contributed by atoms with van der Waals surface area (Å²) >= 11 is 0. The third-order valence-corrected chi connectivity index (χ3v) is 15.1. The zero-order valence-electron chi connectivity index (χ0n) is 53.5. The molecular weight excluding hydrogens is 997 g/mol. The molecule has 0 spiro atoms. The molecule has 0 bridgehead atoms. The zero-order valence-corrected chi connectivity index (χ0v) is 53.5. The average Bonchev–Trinajstić information content (AvgIpc) is 3.47. The summed E-state index contributed by atoms with van der Waals surface area (Å²) < 4.78 is 17.0. The first-order valence-electron chi connectivity index (χ1n) is 34.7. The van der Waals surface area contributed by atoms with Crippen molar-refractivity contribution in [3.05, 3.63) is 97.2 Å². The SMILES string of the molecule is CC/C=C\C/C=C\C/C=C\C/C=C\C/C=C\C/C=C\C/C=C\C/C=C\CCCCCCCCC(=O)OCC(COC(=O)CCCCCCCCCCCCCC)OC(=O)CCCCCCCCCCCCCCCCCCCCCC. The van der Waals surface area contributed by atoms with Gasteiger partial charge in [0.1, 0.15) is 13.2 Å². The Morgan fingerprint density at radius 3 is 0.753 bits per heavy atom. The quantitative estimate of drug-likeness (QED) is 0.0261. The van der Waals surface area contributed by atoms with E-state index in [1.54, 1.807) is 0 Å². The molecule has 0 amide bonds. The minimum atomic E-state index is -0.782. The van der Waals surface area contributed by atoms with Crippen LogP contribution in [0, 0.1) is 0 Å². The predicted octanol–water partition coefficient (Wildman–Crippen LogP) is 24.0. The third-order valence-electron chi connectivity index (χ3n) is 15.1. The van der Waals surface area contributed by atoms with E-state index in [2.05, 4.69) is 118 Å². The molecule has 1 unspecified atom stereocenters. The molecule has 0 aromatic rings. The van der Waals surface area contributed by atoms with Gasteiger partial charge in [0.05, 0.1) is 0 Å². The van der Waals surface area contributed by atoms with Gasteiger partial charge in [-0.05, 0) is 83.5 Å². The standard InChI is InChI=1S/C75H130O6/c1-4-7-10-13-16-19-22-25-27-29-31-33-34-35-36-37-38-39-40-41-42-43-45-46-48-50-53-56-59-62-65-68-74(77)80-71-72(70-79-73(76)67-64-61-58-55-52-24-21-18-15-12-9-6-3)81-75(78)69-66-63-60-57-54-51-49-47-44-32-30-28-26-23-20-17-14-11-8-5-2/h7,10,16,19,25,27,31,33,35-36,38-39,41-42,45-46,72H,4-6,8-9,11-15,17-18,20-24,26,28-30,32,34,37,40,43-44,47-71H2,1-3H3/b10-7-,19-16-,27-25-,33-31-,36-35-,39-38-,42-41-,46-45-. The van der Waals surface area contributed by atoms with Gasteiger partial charge in [-0.1, -0.05) is 336 Å². The highest BCUT2D eigenvalue weighted by atomic mass is 16.6. The van der Waals surface area contributed by atoms with Crippen LogP contribution in [0.15, 0.2) is 97.2 Å². The summed E-state index contributed by atoms with van der Waals surface area (Å²) in [6.45, 7) is 6.56. The maximum atomic E-state index is 12.9. The smallest absolute Gasteiger partial charge is 0.306 e. The zero-order chi connectivity index (χ0) is 58.5. The van der Waals surface area contributed by atoms with Crippen molar-refractivity contribution in [1.29, 1.82) is 0 Å². The second kappa shape index (κ2) is 68.8. The first kappa shape index (κ1) is 77.3. The molecular formula is C75H130O6. The molecule has 0 N–H and O–H groups in total. The van der Waals surface area contributed by atoms with Crippen LogP contribution in [0.2, 0.25) is 0 Å². The number of hydrogen-bond acceptors (Lipinski definition) is 6. The number of hydrogen-bond donors (Lipinski definition) is 0. The number of unbranched alkanes of at least 4 members (excludes halogenated alkanes) is 36. The van der Waals surface area contributed by atoms with Gasteiger partial charge in [0.15, 0.2) is 6.10 Å². The Kier molecular flexibility index (Phi) is 65.7. The van der Waals surface area contributed by atoms with Crippen molar-refractivity contribution in [3.8, 4) is 0 Å². The number of allylic oxidation sites excluding steroid dienone is 16. The van der Waals surface area contributed by atoms with Crippen LogP contribution >= 0.6 is 0 Å². The predicted molar refractivity (Wildman–Crippen MR) is 353 cm³/mol. The summed E-state index contributed by atoms with van der Waals surface area (Å²) in [6.07, 6.45) is 92.8. The van der Waals surface area contributed by atoms with E-state index in [1.165, 1.54) is 180 Å². The molecule has 0 saturated carbocycles. The molecule has 0 aliphatic rings. The lowest BCUT2D eigenvalue weighted by atomic mass is 10.0. The van der Waals surface area contributed by atoms with E-state index >= 15 is 0 Å². The van der Waals surface area contributed by atoms with E-state index < -0.39 is 6.10 Å². The Morgan fingerprint density at radius 1 is 0.259 bits per heavy atom. The first-order valence-corrected chi connectivity index (χ1v) is 34.7. The van der Waals surface area contributed by atoms with Gasteiger partial charge < -0.3 is 14.2 Å². The van der Waals surface area contributed by atoms with Crippen LogP contribution < -0.4 is 0 Å². The lowest BCUT2D eigenvalue weighted by Gasteiger charge is -2.18. The Morgan fingerprint density at radius 2 is 0.481 bits per heavy atom. The van der Waals surface area contributed by atoms with E-state index in [0.29, 0.717) is 19.3 Å². The van der Waals surface area contributed by atoms with Gasteiger partial charge in [-0.25, -0.2) is 0 Å². The fourth-order valence-corrected chi connectivity index (χ4v) is 9.93. The Hall–Kier alpha value is -3.67. The molecule has 6 nitrogen and oxygen atoms in total. The molecule has 81 heavy (non-hydrogen) atoms. The summed E-state index contributed by atoms with van der Waals surface area (Å²) in [4.78, 5) is 38.4. The molecule has 0 aliphatic carbocycles. The van der Waals surface area contributed by atoms with E-state index in [1.807, 2.05) is 0 Å². The third kappa shape index (κ3) is 67.0. The highest BCUT2D eigenvalue weighted by Gasteiger charge is 2.19. The van der Waals surface area contributed by atoms with Crippen molar-refractivity contribution in [2.24, 2.45) is 0 Å². The van der Waals surface area contributed by atoms with Gasteiger partial charge >= 0.3 is 17.9 Å². The van der Waals surface area contributed by atoms with Crippen molar-refractivity contribution in [1.82, 2.24) is 0 Å². The molecule has 0 saturated heterocycles. The van der Waals surface area contributed by atoms with Gasteiger partial charge in [-0.15, -0.1) is 0 Å². The molecule has 0 aliphatic heterocycles. The van der Waals surface area contributed by atoms with E-state index in [-0.39, 0.29) is 31.1 Å². The highest BCUT2D eigenvalue weighted by molar-refractivity contribution is 5.71. The Balaban J connectivity index is 4.29. The largest absolute Gasteiger partial charge is 0.462 e. The molecule has 0 aromatic carbocycles. The van der Waals surface area contributed by atoms with Crippen LogP contribution in [0.25, 0.3) is 0 Å². The second-order valence-corrected chi connectivity index (χ2v) is 23.1. The van der Waals surface area contributed by atoms with E-state index in [0.717, 1.165) is 122 Å². The summed E-state index contributed by atoms with van der Waals surface area (Å²) in [6, 6.07) is 0. The van der Waals surface area contributed by atoms with Crippen LogP contribution in [0.4, 0.5) is 0 Å². The molecule has 6 heteroatoms. The summed E-state index contributed by atoms with van der Waals surface area (Å²) in [5, 5.41) is 0. The summed E-state index contributed by atoms with van der Waals surface area (Å²) in [5.41, 5.74) is 0. The molecule has 0 rings (SSSR count). The van der Waals surface area contributed by atoms with Gasteiger partial charge in [-0.3, -0.25) is 14.4 Å². The minimum Gasteiger partial charge on any atom is -0.462 e. The van der Waals surface area contributed by atoms with E-state index in [4.69, 9.17) is 14.2 Å². The summed E-state index contributed by atoms with van der Waals surface area (Å²) in [7, 11) is 0. The normalized spacial score (nSPS) is 12.7.